The molecule has 1 aromatic rings. The molecule has 0 aliphatic heterocycles. The lowest BCUT2D eigenvalue weighted by Crippen LogP contribution is -2.04. The SMILES string of the molecule is O=C(C=CC1CCCCC1)c1ccccc1. The van der Waals surface area contributed by atoms with Crippen molar-refractivity contribution in [3.63, 3.8) is 0 Å². The third kappa shape index (κ3) is 3.06. The van der Waals surface area contributed by atoms with Crippen LogP contribution in [0.15, 0.2) is 42.5 Å². The van der Waals surface area contributed by atoms with E-state index < -0.39 is 0 Å². The lowest BCUT2D eigenvalue weighted by molar-refractivity contribution is 0.104. The van der Waals surface area contributed by atoms with E-state index in [0.717, 1.165) is 5.56 Å². The minimum Gasteiger partial charge on any atom is -0.289 e. The van der Waals surface area contributed by atoms with Crippen molar-refractivity contribution in [2.75, 3.05) is 0 Å². The van der Waals surface area contributed by atoms with Crippen LogP contribution in [-0.4, -0.2) is 5.78 Å². The van der Waals surface area contributed by atoms with Gasteiger partial charge >= 0.3 is 0 Å². The summed E-state index contributed by atoms with van der Waals surface area (Å²) in [5.74, 6) is 0.757. The van der Waals surface area contributed by atoms with Crippen molar-refractivity contribution < 1.29 is 4.79 Å². The predicted octanol–water partition coefficient (Wildman–Crippen LogP) is 4.01. The van der Waals surface area contributed by atoms with Gasteiger partial charge in [0.05, 0.1) is 0 Å². The van der Waals surface area contributed by atoms with Gasteiger partial charge in [0, 0.05) is 5.56 Å². The molecule has 0 amide bonds. The Morgan fingerprint density at radius 3 is 2.44 bits per heavy atom. The van der Waals surface area contributed by atoms with Crippen molar-refractivity contribution in [2.24, 2.45) is 5.92 Å². The first-order chi connectivity index (χ1) is 7.86. The van der Waals surface area contributed by atoms with Crippen molar-refractivity contribution >= 4 is 5.78 Å². The molecule has 1 nitrogen and oxygen atoms in total. The molecule has 0 saturated heterocycles. The average molecular weight is 214 g/mol. The first kappa shape index (κ1) is 11.1. The number of rotatable bonds is 3. The second-order valence-corrected chi connectivity index (χ2v) is 4.49. The van der Waals surface area contributed by atoms with Gasteiger partial charge in [0.25, 0.3) is 0 Å². The largest absolute Gasteiger partial charge is 0.289 e. The minimum atomic E-state index is 0.131. The molecule has 1 heteroatoms. The van der Waals surface area contributed by atoms with Crippen LogP contribution in [0, 0.1) is 5.92 Å². The summed E-state index contributed by atoms with van der Waals surface area (Å²) < 4.78 is 0. The predicted molar refractivity (Wildman–Crippen MR) is 66.5 cm³/mol. The van der Waals surface area contributed by atoms with Gasteiger partial charge in [0.15, 0.2) is 5.78 Å². The van der Waals surface area contributed by atoms with Crippen LogP contribution in [0.4, 0.5) is 0 Å². The van der Waals surface area contributed by atoms with Gasteiger partial charge in [-0.25, -0.2) is 0 Å². The Balaban J connectivity index is 1.94. The summed E-state index contributed by atoms with van der Waals surface area (Å²) in [5, 5.41) is 0. The highest BCUT2D eigenvalue weighted by atomic mass is 16.1. The van der Waals surface area contributed by atoms with Gasteiger partial charge in [0.2, 0.25) is 0 Å². The molecule has 1 saturated carbocycles. The summed E-state index contributed by atoms with van der Waals surface area (Å²) in [6.07, 6.45) is 10.3. The molecule has 2 rings (SSSR count). The monoisotopic (exact) mass is 214 g/mol. The molecule has 0 spiro atoms. The van der Waals surface area contributed by atoms with Crippen LogP contribution in [-0.2, 0) is 0 Å². The van der Waals surface area contributed by atoms with Gasteiger partial charge in [-0.1, -0.05) is 55.7 Å². The second-order valence-electron chi connectivity index (χ2n) is 4.49. The zero-order valence-electron chi connectivity index (χ0n) is 9.56. The number of carbonyl (C=O) groups is 1. The van der Waals surface area contributed by atoms with E-state index in [1.807, 2.05) is 30.3 Å². The van der Waals surface area contributed by atoms with Crippen LogP contribution >= 0.6 is 0 Å². The normalized spacial score (nSPS) is 17.8. The number of hydrogen-bond donors (Lipinski definition) is 0. The quantitative estimate of drug-likeness (QED) is 0.549. The van der Waals surface area contributed by atoms with Crippen LogP contribution < -0.4 is 0 Å². The fourth-order valence-corrected chi connectivity index (χ4v) is 2.25. The van der Waals surface area contributed by atoms with Crippen LogP contribution in [0.3, 0.4) is 0 Å². The maximum absolute atomic E-state index is 11.8. The number of ketones is 1. The van der Waals surface area contributed by atoms with E-state index in [0.29, 0.717) is 5.92 Å². The molecular weight excluding hydrogens is 196 g/mol. The molecule has 1 fully saturated rings. The molecule has 1 aliphatic carbocycles. The molecule has 0 radical (unpaired) electrons. The topological polar surface area (TPSA) is 17.1 Å². The first-order valence-corrected chi connectivity index (χ1v) is 6.14. The van der Waals surface area contributed by atoms with E-state index >= 15 is 0 Å². The molecule has 1 aliphatic rings. The van der Waals surface area contributed by atoms with Gasteiger partial charge in [-0.3, -0.25) is 4.79 Å². The third-order valence-electron chi connectivity index (χ3n) is 3.23. The zero-order valence-corrected chi connectivity index (χ0v) is 9.56. The average Bonchev–Trinajstić information content (AvgIpc) is 2.38. The van der Waals surface area contributed by atoms with E-state index in [1.54, 1.807) is 6.08 Å². The van der Waals surface area contributed by atoms with Crippen molar-refractivity contribution in [2.45, 2.75) is 32.1 Å². The molecule has 1 aromatic carbocycles. The molecule has 0 heterocycles. The molecule has 0 atom stereocenters. The zero-order chi connectivity index (χ0) is 11.2. The Hall–Kier alpha value is -1.37. The van der Waals surface area contributed by atoms with Crippen LogP contribution in [0.25, 0.3) is 0 Å². The van der Waals surface area contributed by atoms with Gasteiger partial charge in [-0.15, -0.1) is 0 Å². The standard InChI is InChI=1S/C15H18O/c16-15(14-9-5-2-6-10-14)12-11-13-7-3-1-4-8-13/h2,5-6,9-13H,1,3-4,7-8H2. The highest BCUT2D eigenvalue weighted by molar-refractivity contribution is 6.04. The Morgan fingerprint density at radius 2 is 1.75 bits per heavy atom. The van der Waals surface area contributed by atoms with Crippen molar-refractivity contribution in [3.05, 3.63) is 48.0 Å². The highest BCUT2D eigenvalue weighted by Gasteiger charge is 2.10. The fraction of sp³-hybridized carbons (Fsp3) is 0.400. The van der Waals surface area contributed by atoms with E-state index in [9.17, 15) is 4.79 Å². The third-order valence-corrected chi connectivity index (χ3v) is 3.23. The smallest absolute Gasteiger partial charge is 0.185 e. The van der Waals surface area contributed by atoms with Crippen molar-refractivity contribution in [1.82, 2.24) is 0 Å². The first-order valence-electron chi connectivity index (χ1n) is 6.14. The Bertz CT molecular complexity index is 358. The Morgan fingerprint density at radius 1 is 1.06 bits per heavy atom. The lowest BCUT2D eigenvalue weighted by Gasteiger charge is -2.17. The molecule has 0 N–H and O–H groups in total. The highest BCUT2D eigenvalue weighted by Crippen LogP contribution is 2.24. The number of carbonyl (C=O) groups excluding carboxylic acids is 1. The summed E-state index contributed by atoms with van der Waals surface area (Å²) in [4.78, 5) is 11.8. The number of hydrogen-bond acceptors (Lipinski definition) is 1. The maximum atomic E-state index is 11.8. The second kappa shape index (κ2) is 5.64. The van der Waals surface area contributed by atoms with Crippen LogP contribution in [0.1, 0.15) is 42.5 Å². The molecule has 0 aromatic heterocycles. The minimum absolute atomic E-state index is 0.131. The van der Waals surface area contributed by atoms with E-state index in [1.165, 1.54) is 32.1 Å². The number of allylic oxidation sites excluding steroid dienone is 2. The summed E-state index contributed by atoms with van der Waals surface area (Å²) in [6, 6.07) is 9.48. The maximum Gasteiger partial charge on any atom is 0.185 e. The summed E-state index contributed by atoms with van der Waals surface area (Å²) in [6.45, 7) is 0. The molecular formula is C15H18O. The van der Waals surface area contributed by atoms with E-state index in [4.69, 9.17) is 0 Å². The fourth-order valence-electron chi connectivity index (χ4n) is 2.25. The summed E-state index contributed by atoms with van der Waals surface area (Å²) in [5.41, 5.74) is 0.787. The van der Waals surface area contributed by atoms with Gasteiger partial charge in [-0.2, -0.15) is 0 Å². The molecule has 0 bridgehead atoms. The van der Waals surface area contributed by atoms with Crippen LogP contribution in [0.2, 0.25) is 0 Å². The summed E-state index contributed by atoms with van der Waals surface area (Å²) >= 11 is 0. The Kier molecular flexibility index (Phi) is 3.92. The van der Waals surface area contributed by atoms with Gasteiger partial charge < -0.3 is 0 Å². The molecule has 16 heavy (non-hydrogen) atoms. The van der Waals surface area contributed by atoms with Crippen molar-refractivity contribution in [1.29, 1.82) is 0 Å². The molecule has 84 valence electrons. The van der Waals surface area contributed by atoms with E-state index in [2.05, 4.69) is 6.08 Å². The lowest BCUT2D eigenvalue weighted by atomic mass is 9.89. The van der Waals surface area contributed by atoms with Gasteiger partial charge in [-0.05, 0) is 24.8 Å². The number of benzene rings is 1. The van der Waals surface area contributed by atoms with Crippen molar-refractivity contribution in [3.8, 4) is 0 Å². The van der Waals surface area contributed by atoms with E-state index in [-0.39, 0.29) is 5.78 Å². The van der Waals surface area contributed by atoms with Crippen LogP contribution in [0.5, 0.6) is 0 Å². The summed E-state index contributed by atoms with van der Waals surface area (Å²) in [7, 11) is 0. The van der Waals surface area contributed by atoms with Gasteiger partial charge in [0.1, 0.15) is 0 Å². The molecule has 0 unspecified atom stereocenters. The Labute approximate surface area is 97.2 Å².